The summed E-state index contributed by atoms with van der Waals surface area (Å²) in [5.74, 6) is 1.18. The molecule has 6 nitrogen and oxygen atoms in total. The van der Waals surface area contributed by atoms with Crippen molar-refractivity contribution in [2.75, 3.05) is 7.11 Å². The zero-order chi connectivity index (χ0) is 17.6. The maximum absolute atomic E-state index is 11.2. The highest BCUT2D eigenvalue weighted by Crippen LogP contribution is 2.26. The van der Waals surface area contributed by atoms with E-state index in [0.29, 0.717) is 17.5 Å². The van der Waals surface area contributed by atoms with Crippen molar-refractivity contribution in [2.45, 2.75) is 13.0 Å². The highest BCUT2D eigenvalue weighted by Gasteiger charge is 2.11. The maximum Gasteiger partial charge on any atom is 0.309 e. The molecule has 0 unspecified atom stereocenters. The van der Waals surface area contributed by atoms with Gasteiger partial charge in [-0.1, -0.05) is 24.3 Å². The van der Waals surface area contributed by atoms with Crippen molar-refractivity contribution < 1.29 is 18.7 Å². The summed E-state index contributed by atoms with van der Waals surface area (Å²) in [6.07, 6.45) is 0.232. The Morgan fingerprint density at radius 1 is 1.12 bits per heavy atom. The number of carbonyl (C=O) groups is 1. The van der Waals surface area contributed by atoms with Crippen LogP contribution in [0.15, 0.2) is 57.4 Å². The van der Waals surface area contributed by atoms with E-state index in [-0.39, 0.29) is 19.0 Å². The Hall–Kier alpha value is -2.67. The van der Waals surface area contributed by atoms with Gasteiger partial charge in [0.25, 0.3) is 5.89 Å². The Morgan fingerprint density at radius 2 is 1.88 bits per heavy atom. The number of hydrogen-bond acceptors (Lipinski definition) is 6. The zero-order valence-corrected chi connectivity index (χ0v) is 15.0. The lowest BCUT2D eigenvalue weighted by atomic mass is 10.1. The Kier molecular flexibility index (Phi) is 5.45. The van der Waals surface area contributed by atoms with Gasteiger partial charge < -0.3 is 13.9 Å². The normalized spacial score (nSPS) is 10.5. The first-order chi connectivity index (χ1) is 12.2. The largest absolute Gasteiger partial charge is 0.484 e. The Balaban J connectivity index is 1.61. The van der Waals surface area contributed by atoms with Crippen LogP contribution in [0.4, 0.5) is 0 Å². The predicted molar refractivity (Wildman–Crippen MR) is 93.9 cm³/mol. The molecule has 0 bridgehead atoms. The first-order valence-corrected chi connectivity index (χ1v) is 8.31. The smallest absolute Gasteiger partial charge is 0.309 e. The first kappa shape index (κ1) is 17.2. The molecule has 25 heavy (non-hydrogen) atoms. The Bertz CT molecular complexity index is 862. The summed E-state index contributed by atoms with van der Waals surface area (Å²) in [6.45, 7) is 0.161. The number of ether oxygens (including phenoxy) is 2. The van der Waals surface area contributed by atoms with Gasteiger partial charge in [0, 0.05) is 4.47 Å². The second kappa shape index (κ2) is 7.94. The molecule has 0 N–H and O–H groups in total. The molecule has 3 rings (SSSR count). The molecule has 1 heterocycles. The number of nitrogens with zero attached hydrogens (tertiary/aromatic N) is 2. The Morgan fingerprint density at radius 3 is 2.60 bits per heavy atom. The Labute approximate surface area is 152 Å². The van der Waals surface area contributed by atoms with Crippen LogP contribution in [0.5, 0.6) is 5.75 Å². The van der Waals surface area contributed by atoms with Crippen molar-refractivity contribution in [3.8, 4) is 17.2 Å². The van der Waals surface area contributed by atoms with Gasteiger partial charge in [-0.05, 0) is 45.8 Å². The molecule has 0 aliphatic carbocycles. The standard InChI is InChI=1S/C18H15BrN2O4/c1-23-17(22)10-12-6-8-13(9-7-12)24-11-16-20-21-18(25-16)14-4-2-3-5-15(14)19/h2-9H,10-11H2,1H3. The van der Waals surface area contributed by atoms with Crippen LogP contribution in [-0.2, 0) is 22.6 Å². The number of esters is 1. The number of halogens is 1. The second-order valence-electron chi connectivity index (χ2n) is 5.17. The van der Waals surface area contributed by atoms with Crippen molar-refractivity contribution in [3.05, 3.63) is 64.5 Å². The highest BCUT2D eigenvalue weighted by atomic mass is 79.9. The highest BCUT2D eigenvalue weighted by molar-refractivity contribution is 9.10. The van der Waals surface area contributed by atoms with Crippen LogP contribution >= 0.6 is 15.9 Å². The minimum absolute atomic E-state index is 0.161. The van der Waals surface area contributed by atoms with Crippen LogP contribution in [0.1, 0.15) is 11.5 Å². The van der Waals surface area contributed by atoms with Gasteiger partial charge in [0.05, 0.1) is 19.1 Å². The van der Waals surface area contributed by atoms with Gasteiger partial charge in [0.1, 0.15) is 5.75 Å². The molecule has 0 amide bonds. The van der Waals surface area contributed by atoms with Crippen LogP contribution in [0.2, 0.25) is 0 Å². The number of methoxy groups -OCH3 is 1. The second-order valence-corrected chi connectivity index (χ2v) is 6.02. The third kappa shape index (κ3) is 4.45. The molecule has 3 aromatic rings. The van der Waals surface area contributed by atoms with Crippen LogP contribution in [0.25, 0.3) is 11.5 Å². The van der Waals surface area contributed by atoms with Crippen LogP contribution in [-0.4, -0.2) is 23.3 Å². The number of benzene rings is 2. The average molecular weight is 403 g/mol. The molecule has 0 aliphatic rings. The molecule has 0 spiro atoms. The lowest BCUT2D eigenvalue weighted by molar-refractivity contribution is -0.139. The van der Waals surface area contributed by atoms with Crippen molar-refractivity contribution >= 4 is 21.9 Å². The third-order valence-corrected chi connectivity index (χ3v) is 4.12. The van der Waals surface area contributed by atoms with Crippen molar-refractivity contribution in [2.24, 2.45) is 0 Å². The minimum Gasteiger partial charge on any atom is -0.484 e. The first-order valence-electron chi connectivity index (χ1n) is 7.51. The van der Waals surface area contributed by atoms with Crippen molar-refractivity contribution in [3.63, 3.8) is 0 Å². The number of aromatic nitrogens is 2. The summed E-state index contributed by atoms with van der Waals surface area (Å²) in [6, 6.07) is 14.8. The summed E-state index contributed by atoms with van der Waals surface area (Å²) in [4.78, 5) is 11.2. The van der Waals surface area contributed by atoms with E-state index in [0.717, 1.165) is 15.6 Å². The summed E-state index contributed by atoms with van der Waals surface area (Å²) in [5, 5.41) is 8.03. The fraction of sp³-hybridized carbons (Fsp3) is 0.167. The van der Waals surface area contributed by atoms with E-state index in [2.05, 4.69) is 30.9 Å². The fourth-order valence-electron chi connectivity index (χ4n) is 2.14. The molecule has 0 radical (unpaired) electrons. The van der Waals surface area contributed by atoms with E-state index in [1.165, 1.54) is 7.11 Å². The lowest BCUT2D eigenvalue weighted by Crippen LogP contribution is -2.04. The van der Waals surface area contributed by atoms with Gasteiger partial charge in [-0.3, -0.25) is 4.79 Å². The number of rotatable bonds is 6. The van der Waals surface area contributed by atoms with E-state index >= 15 is 0 Å². The SMILES string of the molecule is COC(=O)Cc1ccc(OCc2nnc(-c3ccccc3Br)o2)cc1. The van der Waals surface area contributed by atoms with E-state index in [1.807, 2.05) is 36.4 Å². The predicted octanol–water partition coefficient (Wildman–Crippen LogP) is 3.79. The quantitative estimate of drug-likeness (QED) is 0.583. The van der Waals surface area contributed by atoms with Crippen molar-refractivity contribution in [1.82, 2.24) is 10.2 Å². The van der Waals surface area contributed by atoms with Gasteiger partial charge >= 0.3 is 5.97 Å². The molecule has 7 heteroatoms. The molecule has 0 saturated carbocycles. The topological polar surface area (TPSA) is 74.5 Å². The molecule has 0 aliphatic heterocycles. The van der Waals surface area contributed by atoms with E-state index in [9.17, 15) is 4.79 Å². The minimum atomic E-state index is -0.279. The van der Waals surface area contributed by atoms with Crippen LogP contribution < -0.4 is 4.74 Å². The molecule has 0 atom stereocenters. The van der Waals surface area contributed by atoms with Gasteiger partial charge in [-0.15, -0.1) is 10.2 Å². The fourth-order valence-corrected chi connectivity index (χ4v) is 2.60. The van der Waals surface area contributed by atoms with E-state index < -0.39 is 0 Å². The van der Waals surface area contributed by atoms with E-state index in [1.54, 1.807) is 12.1 Å². The summed E-state index contributed by atoms with van der Waals surface area (Å²) in [7, 11) is 1.37. The number of carbonyl (C=O) groups excluding carboxylic acids is 1. The molecule has 128 valence electrons. The van der Waals surface area contributed by atoms with Crippen LogP contribution in [0, 0.1) is 0 Å². The van der Waals surface area contributed by atoms with E-state index in [4.69, 9.17) is 9.15 Å². The maximum atomic E-state index is 11.2. The van der Waals surface area contributed by atoms with Gasteiger partial charge in [-0.25, -0.2) is 0 Å². The van der Waals surface area contributed by atoms with Gasteiger partial charge in [-0.2, -0.15) is 0 Å². The summed E-state index contributed by atoms with van der Waals surface area (Å²) in [5.41, 5.74) is 1.68. The molecule has 0 saturated heterocycles. The van der Waals surface area contributed by atoms with Gasteiger partial charge in [0.15, 0.2) is 6.61 Å². The van der Waals surface area contributed by atoms with Gasteiger partial charge in [0.2, 0.25) is 5.89 Å². The average Bonchev–Trinajstić information content (AvgIpc) is 3.10. The third-order valence-electron chi connectivity index (χ3n) is 3.43. The lowest BCUT2D eigenvalue weighted by Gasteiger charge is -2.05. The summed E-state index contributed by atoms with van der Waals surface area (Å²) >= 11 is 3.45. The molecular weight excluding hydrogens is 388 g/mol. The van der Waals surface area contributed by atoms with Crippen LogP contribution in [0.3, 0.4) is 0 Å². The molecule has 0 fully saturated rings. The monoisotopic (exact) mass is 402 g/mol. The molecule has 1 aromatic heterocycles. The summed E-state index contributed by atoms with van der Waals surface area (Å²) < 4.78 is 16.8. The molecular formula is C18H15BrN2O4. The number of hydrogen-bond donors (Lipinski definition) is 0. The molecule has 2 aromatic carbocycles. The zero-order valence-electron chi connectivity index (χ0n) is 13.4. The van der Waals surface area contributed by atoms with Crippen molar-refractivity contribution in [1.29, 1.82) is 0 Å².